The number of ether oxygens (including phenoxy) is 3. The third-order valence-electron chi connectivity index (χ3n) is 4.25. The summed E-state index contributed by atoms with van der Waals surface area (Å²) in [5.41, 5.74) is 1.95. The van der Waals surface area contributed by atoms with Crippen molar-refractivity contribution in [3.8, 4) is 17.2 Å². The van der Waals surface area contributed by atoms with Crippen LogP contribution in [-0.4, -0.2) is 33.8 Å². The van der Waals surface area contributed by atoms with Gasteiger partial charge in [0, 0.05) is 17.1 Å². The minimum Gasteiger partial charge on any atom is -0.493 e. The summed E-state index contributed by atoms with van der Waals surface area (Å²) in [4.78, 5) is 12.2. The lowest BCUT2D eigenvalue weighted by atomic mass is 10.1. The Bertz CT molecular complexity index is 757. The van der Waals surface area contributed by atoms with Gasteiger partial charge in [-0.15, -0.1) is 0 Å². The lowest BCUT2D eigenvalue weighted by Gasteiger charge is -2.15. The Morgan fingerprint density at radius 1 is 1.11 bits per heavy atom. The molecular formula is C20H26ClN2O4+. The first-order chi connectivity index (χ1) is 13.0. The number of benzene rings is 2. The summed E-state index contributed by atoms with van der Waals surface area (Å²) in [7, 11) is 4.68. The van der Waals surface area contributed by atoms with Gasteiger partial charge in [-0.25, -0.2) is 0 Å². The first-order valence-corrected chi connectivity index (χ1v) is 9.00. The normalized spacial score (nSPS) is 11.6. The Kier molecular flexibility index (Phi) is 7.76. The maximum Gasteiger partial charge on any atom is 0.275 e. The highest BCUT2D eigenvalue weighted by Gasteiger charge is 2.15. The largest absolute Gasteiger partial charge is 0.493 e. The van der Waals surface area contributed by atoms with E-state index in [0.29, 0.717) is 35.4 Å². The van der Waals surface area contributed by atoms with Crippen molar-refractivity contribution in [1.29, 1.82) is 0 Å². The number of quaternary nitrogens is 1. The molecule has 0 aliphatic rings. The molecule has 146 valence electrons. The molecule has 0 bridgehead atoms. The molecule has 2 aromatic carbocycles. The number of hydrogen-bond donors (Lipinski definition) is 2. The number of carbonyl (C=O) groups excluding carboxylic acids is 1. The van der Waals surface area contributed by atoms with E-state index in [-0.39, 0.29) is 11.9 Å². The smallest absolute Gasteiger partial charge is 0.275 e. The van der Waals surface area contributed by atoms with Crippen LogP contribution in [0.2, 0.25) is 5.02 Å². The molecule has 0 heterocycles. The van der Waals surface area contributed by atoms with Gasteiger partial charge in [-0.05, 0) is 36.8 Å². The van der Waals surface area contributed by atoms with E-state index in [0.717, 1.165) is 11.1 Å². The van der Waals surface area contributed by atoms with Crippen LogP contribution in [0.3, 0.4) is 0 Å². The Morgan fingerprint density at radius 3 is 2.33 bits per heavy atom. The van der Waals surface area contributed by atoms with Crippen LogP contribution in [0, 0.1) is 0 Å². The van der Waals surface area contributed by atoms with E-state index in [1.807, 2.05) is 48.6 Å². The van der Waals surface area contributed by atoms with Gasteiger partial charge in [0.15, 0.2) is 18.0 Å². The van der Waals surface area contributed by atoms with Crippen molar-refractivity contribution in [3.05, 3.63) is 52.5 Å². The zero-order valence-electron chi connectivity index (χ0n) is 16.0. The highest BCUT2D eigenvalue weighted by atomic mass is 35.5. The molecule has 1 atom stereocenters. The molecule has 1 amide bonds. The third kappa shape index (κ3) is 5.77. The van der Waals surface area contributed by atoms with E-state index in [4.69, 9.17) is 25.8 Å². The first-order valence-electron chi connectivity index (χ1n) is 8.62. The van der Waals surface area contributed by atoms with E-state index in [1.54, 1.807) is 21.3 Å². The van der Waals surface area contributed by atoms with Gasteiger partial charge in [-0.1, -0.05) is 23.7 Å². The van der Waals surface area contributed by atoms with Crippen molar-refractivity contribution < 1.29 is 24.3 Å². The summed E-state index contributed by atoms with van der Waals surface area (Å²) < 4.78 is 16.0. The van der Waals surface area contributed by atoms with Gasteiger partial charge in [-0.2, -0.15) is 0 Å². The molecule has 0 aliphatic carbocycles. The Hall–Kier alpha value is -2.44. The summed E-state index contributed by atoms with van der Waals surface area (Å²) in [6, 6.07) is 11.4. The third-order valence-corrected chi connectivity index (χ3v) is 4.48. The van der Waals surface area contributed by atoms with Crippen molar-refractivity contribution in [2.75, 3.05) is 27.9 Å². The number of carbonyl (C=O) groups is 1. The topological polar surface area (TPSA) is 73.4 Å². The fourth-order valence-electron chi connectivity index (χ4n) is 2.72. The van der Waals surface area contributed by atoms with Crippen LogP contribution >= 0.6 is 11.6 Å². The molecule has 3 N–H and O–H groups in total. The number of nitrogens with two attached hydrogens (primary N) is 1. The molecule has 0 fully saturated rings. The maximum atomic E-state index is 12.2. The zero-order chi connectivity index (χ0) is 19.8. The Labute approximate surface area is 164 Å². The quantitative estimate of drug-likeness (QED) is 0.685. The van der Waals surface area contributed by atoms with E-state index in [9.17, 15) is 4.79 Å². The number of nitrogens with one attached hydrogen (secondary N) is 1. The van der Waals surface area contributed by atoms with Crippen LogP contribution in [0.5, 0.6) is 17.2 Å². The fraction of sp³-hybridized carbons (Fsp3) is 0.350. The number of methoxy groups -OCH3 is 3. The van der Waals surface area contributed by atoms with E-state index < -0.39 is 0 Å². The van der Waals surface area contributed by atoms with Crippen LogP contribution < -0.4 is 24.8 Å². The zero-order valence-corrected chi connectivity index (χ0v) is 16.8. The van der Waals surface area contributed by atoms with Gasteiger partial charge in [0.2, 0.25) is 5.75 Å². The minimum atomic E-state index is -0.0578. The molecule has 0 saturated carbocycles. The van der Waals surface area contributed by atoms with E-state index >= 15 is 0 Å². The average Bonchev–Trinajstić information content (AvgIpc) is 2.69. The molecule has 0 spiro atoms. The highest BCUT2D eigenvalue weighted by Crippen LogP contribution is 2.38. The Morgan fingerprint density at radius 2 is 1.78 bits per heavy atom. The van der Waals surface area contributed by atoms with Crippen LogP contribution in [0.15, 0.2) is 36.4 Å². The van der Waals surface area contributed by atoms with Crippen molar-refractivity contribution in [1.82, 2.24) is 5.32 Å². The number of amides is 1. The monoisotopic (exact) mass is 393 g/mol. The second kappa shape index (κ2) is 10.0. The van der Waals surface area contributed by atoms with Crippen LogP contribution in [0.25, 0.3) is 0 Å². The molecular weight excluding hydrogens is 368 g/mol. The second-order valence-electron chi connectivity index (χ2n) is 6.09. The van der Waals surface area contributed by atoms with Crippen molar-refractivity contribution in [2.45, 2.75) is 19.5 Å². The van der Waals surface area contributed by atoms with Gasteiger partial charge < -0.3 is 24.8 Å². The van der Waals surface area contributed by atoms with Crippen LogP contribution in [0.1, 0.15) is 24.1 Å². The molecule has 0 saturated heterocycles. The van der Waals surface area contributed by atoms with E-state index in [2.05, 4.69) is 5.32 Å². The number of halogens is 1. The van der Waals surface area contributed by atoms with Crippen LogP contribution in [0.4, 0.5) is 0 Å². The van der Waals surface area contributed by atoms with Gasteiger partial charge in [0.05, 0.1) is 21.3 Å². The summed E-state index contributed by atoms with van der Waals surface area (Å²) in [6.07, 6.45) is 0. The molecule has 6 nitrogen and oxygen atoms in total. The molecule has 7 heteroatoms. The number of rotatable bonds is 9. The summed E-state index contributed by atoms with van der Waals surface area (Å²) in [5, 5.41) is 5.57. The van der Waals surface area contributed by atoms with Crippen molar-refractivity contribution in [2.24, 2.45) is 0 Å². The maximum absolute atomic E-state index is 12.2. The minimum absolute atomic E-state index is 0.0578. The predicted molar refractivity (Wildman–Crippen MR) is 105 cm³/mol. The lowest BCUT2D eigenvalue weighted by Crippen LogP contribution is -2.87. The SMILES string of the molecule is COc1cc(CNC(=O)C[NH2+][C@@H](C)c2cccc(Cl)c2)cc(OC)c1OC. The van der Waals surface area contributed by atoms with Gasteiger partial charge in [0.1, 0.15) is 6.04 Å². The highest BCUT2D eigenvalue weighted by molar-refractivity contribution is 6.30. The summed E-state index contributed by atoms with van der Waals surface area (Å²) in [5.74, 6) is 1.58. The van der Waals surface area contributed by atoms with Crippen molar-refractivity contribution >= 4 is 17.5 Å². The molecule has 0 unspecified atom stereocenters. The summed E-state index contributed by atoms with van der Waals surface area (Å²) in [6.45, 7) is 2.73. The van der Waals surface area contributed by atoms with Gasteiger partial charge in [0.25, 0.3) is 5.91 Å². The molecule has 0 radical (unpaired) electrons. The first kappa shape index (κ1) is 20.9. The second-order valence-corrected chi connectivity index (χ2v) is 6.53. The molecule has 2 rings (SSSR count). The molecule has 0 aromatic heterocycles. The van der Waals surface area contributed by atoms with E-state index in [1.165, 1.54) is 0 Å². The molecule has 0 aliphatic heterocycles. The molecule has 27 heavy (non-hydrogen) atoms. The van der Waals surface area contributed by atoms with Gasteiger partial charge >= 0.3 is 0 Å². The van der Waals surface area contributed by atoms with Gasteiger partial charge in [-0.3, -0.25) is 4.79 Å². The lowest BCUT2D eigenvalue weighted by molar-refractivity contribution is -0.682. The van der Waals surface area contributed by atoms with Crippen molar-refractivity contribution in [3.63, 3.8) is 0 Å². The standard InChI is InChI=1S/C20H25ClN2O4/c1-13(15-6-5-7-16(21)10-15)22-12-19(24)23-11-14-8-17(25-2)20(27-4)18(9-14)26-3/h5-10,13,22H,11-12H2,1-4H3,(H,23,24)/p+1/t13-/m0/s1. The predicted octanol–water partition coefficient (Wildman–Crippen LogP) is 2.31. The average molecular weight is 394 g/mol. The fourth-order valence-corrected chi connectivity index (χ4v) is 2.92. The summed E-state index contributed by atoms with van der Waals surface area (Å²) >= 11 is 6.02. The number of hydrogen-bond acceptors (Lipinski definition) is 4. The van der Waals surface area contributed by atoms with Crippen LogP contribution in [-0.2, 0) is 11.3 Å². The Balaban J connectivity index is 1.91. The molecule has 2 aromatic rings.